The van der Waals surface area contributed by atoms with E-state index in [-0.39, 0.29) is 47.5 Å². The van der Waals surface area contributed by atoms with Gasteiger partial charge in [0.1, 0.15) is 24.2 Å². The van der Waals surface area contributed by atoms with Gasteiger partial charge in [0.05, 0.1) is 27.3 Å². The number of aromatic nitrogens is 3. The summed E-state index contributed by atoms with van der Waals surface area (Å²) in [5.41, 5.74) is 9.83. The Morgan fingerprint density at radius 1 is 0.664 bits per heavy atom. The number of carbonyl (C=O) groups is 6. The van der Waals surface area contributed by atoms with Crippen molar-refractivity contribution in [2.24, 2.45) is 41.4 Å². The summed E-state index contributed by atoms with van der Waals surface area (Å²) >= 11 is 9.41. The monoisotopic (exact) mass is 1720 g/mol. The van der Waals surface area contributed by atoms with Gasteiger partial charge in [0, 0.05) is 108 Å². The Morgan fingerprint density at radius 3 is 1.55 bits per heavy atom. The molecule has 0 bridgehead atoms. The molecule has 7 fully saturated rings. The van der Waals surface area contributed by atoms with Crippen LogP contribution < -0.4 is 10.6 Å². The third-order valence-electron chi connectivity index (χ3n) is 26.1. The molecule has 9 aliphatic heterocycles. The number of rotatable bonds is 14. The largest absolute Gasteiger partial charge is 0.361 e. The van der Waals surface area contributed by atoms with Gasteiger partial charge in [-0.05, 0) is 216 Å². The number of likely N-dealkylation sites (N-methyl/N-ethyl adjacent to an activating group) is 2. The van der Waals surface area contributed by atoms with Crippen LogP contribution >= 0.6 is 43.6 Å². The van der Waals surface area contributed by atoms with E-state index < -0.39 is 93.0 Å². The second kappa shape index (κ2) is 30.8. The Kier molecular flexibility index (Phi) is 22.2. The van der Waals surface area contributed by atoms with Crippen molar-refractivity contribution < 1.29 is 61.4 Å². The number of piperazine rings is 2. The lowest BCUT2D eigenvalue weighted by Crippen LogP contribution is -2.71. The van der Waals surface area contributed by atoms with Gasteiger partial charge < -0.3 is 45.6 Å². The molecule has 15 atom stereocenters. The zero-order valence-corrected chi connectivity index (χ0v) is 71.7. The summed E-state index contributed by atoms with van der Waals surface area (Å²) in [5.74, 6) is -5.15. The van der Waals surface area contributed by atoms with Gasteiger partial charge >= 0.3 is 0 Å². The quantitative estimate of drug-likeness (QED) is 0.0470. The zero-order chi connectivity index (χ0) is 80.8. The maximum atomic E-state index is 14.4. The second-order valence-corrected chi connectivity index (χ2v) is 39.1. The molecule has 25 nitrogen and oxygen atoms in total. The number of H-pyrrole nitrogens is 3. The van der Waals surface area contributed by atoms with E-state index in [2.05, 4.69) is 134 Å². The number of likely N-dealkylation sites (tertiary alicyclic amines) is 1. The van der Waals surface area contributed by atoms with Crippen molar-refractivity contribution in [3.8, 4) is 0 Å². The van der Waals surface area contributed by atoms with Crippen LogP contribution in [-0.2, 0) is 67.6 Å². The predicted molar refractivity (Wildman–Crippen MR) is 443 cm³/mol. The molecule has 3 aromatic heterocycles. The number of nitrogens with one attached hydrogen (secondary N) is 5. The smallest absolute Gasteiger partial charge is 0.281 e. The van der Waals surface area contributed by atoms with E-state index in [0.29, 0.717) is 64.2 Å². The van der Waals surface area contributed by atoms with E-state index in [1.807, 2.05) is 77.8 Å². The molecule has 0 saturated carbocycles. The minimum atomic E-state index is -3.67. The highest BCUT2D eigenvalue weighted by Gasteiger charge is 2.74. The highest BCUT2D eigenvalue weighted by Crippen LogP contribution is 2.53. The number of carbonyl (C=O) groups excluding carboxylic acids is 6. The molecule has 18 rings (SSSR count). The Morgan fingerprint density at radius 2 is 1.12 bits per heavy atom. The number of amides is 6. The molecule has 6 amide bonds. The molecule has 3 aromatic carbocycles. The van der Waals surface area contributed by atoms with Gasteiger partial charge in [0.15, 0.2) is 0 Å². The molecule has 113 heavy (non-hydrogen) atoms. The first-order valence-electron chi connectivity index (χ1n) is 40.5. The van der Waals surface area contributed by atoms with E-state index in [9.17, 15) is 47.4 Å². The van der Waals surface area contributed by atoms with Gasteiger partial charge in [-0.15, -0.1) is 0 Å². The molecule has 3 aliphatic carbocycles. The molecule has 29 heteroatoms. The summed E-state index contributed by atoms with van der Waals surface area (Å²) in [7, 11) is 0.387. The molecule has 0 radical (unpaired) electrons. The van der Waals surface area contributed by atoms with Crippen LogP contribution in [0.3, 0.4) is 0 Å². The van der Waals surface area contributed by atoms with Gasteiger partial charge in [0.25, 0.3) is 33.8 Å². The normalized spacial score (nSPS) is 31.6. The highest BCUT2D eigenvalue weighted by molar-refractivity contribution is 9.10. The topological polar surface area (TPSA) is 310 Å². The van der Waals surface area contributed by atoms with Gasteiger partial charge in [0.2, 0.25) is 35.1 Å². The van der Waals surface area contributed by atoms with E-state index >= 15 is 0 Å². The molecule has 610 valence electrons. The third kappa shape index (κ3) is 14.0. The minimum Gasteiger partial charge on any atom is -0.361 e. The van der Waals surface area contributed by atoms with Crippen molar-refractivity contribution in [1.29, 1.82) is 0 Å². The first-order valence-corrected chi connectivity index (χ1v) is 45.3. The van der Waals surface area contributed by atoms with E-state index in [0.717, 1.165) is 80.0 Å². The van der Waals surface area contributed by atoms with Gasteiger partial charge in [-0.1, -0.05) is 111 Å². The first-order chi connectivity index (χ1) is 53.6. The molecule has 6 aromatic rings. The lowest BCUT2D eigenvalue weighted by molar-refractivity contribution is -0.322. The van der Waals surface area contributed by atoms with Crippen molar-refractivity contribution in [2.45, 2.75) is 204 Å². The number of benzene rings is 3. The van der Waals surface area contributed by atoms with Crippen molar-refractivity contribution in [1.82, 2.24) is 59.9 Å². The molecular weight excluding hydrogens is 1610 g/mol. The SMILES string of the molecule is CC(C)C[C@H]1C(=O)N2CCC[C@H]2[C@]2(O)O[C@](NC(=O)[C@@H]3C=C4c5cccc6[nH]c(Br)c(c56)C[C@H]4N(C)C3)(C(C)C)C(=O)N12.CC(C)C[C@H]1C(=O)N2CCC[C@H]2[C@]2(O)O[C@](NC(=O)[C@@H]3C=C4c5cccc6[nH]c(Br)c(c56)C[C@H]4N(C)C3)(C(C)C)C(=O)N12.CCCN1C[C@H](CSC)C[C@@H]2c3cccc4[nH]cc(c34)C[C@H]21.CS(=O)(=O)O. The first kappa shape index (κ1) is 81.7. The molecule has 8 N–H and O–H groups in total. The molecule has 7 saturated heterocycles. The van der Waals surface area contributed by atoms with Crippen molar-refractivity contribution in [3.05, 3.63) is 116 Å². The molecule has 0 unspecified atom stereocenters. The van der Waals surface area contributed by atoms with Crippen LogP contribution in [-0.4, -0.2) is 245 Å². The maximum Gasteiger partial charge on any atom is 0.281 e. The van der Waals surface area contributed by atoms with E-state index in [1.165, 1.54) is 86.3 Å². The zero-order valence-electron chi connectivity index (χ0n) is 66.9. The van der Waals surface area contributed by atoms with Crippen molar-refractivity contribution in [2.75, 3.05) is 71.6 Å². The number of fused-ring (bicyclic) bond motifs is 12. The summed E-state index contributed by atoms with van der Waals surface area (Å²) in [6.45, 7) is 22.0. The van der Waals surface area contributed by atoms with Gasteiger partial charge in [-0.3, -0.25) is 67.3 Å². The number of piperidine rings is 1. The average Bonchev–Trinajstić information content (AvgIpc) is 1.52. The van der Waals surface area contributed by atoms with Crippen molar-refractivity contribution in [3.63, 3.8) is 0 Å². The van der Waals surface area contributed by atoms with Crippen LogP contribution in [0, 0.1) is 41.4 Å². The summed E-state index contributed by atoms with van der Waals surface area (Å²) in [5, 5.41) is 34.2. The third-order valence-corrected chi connectivity index (χ3v) is 28.2. The van der Waals surface area contributed by atoms with Crippen LogP contribution in [0.5, 0.6) is 0 Å². The van der Waals surface area contributed by atoms with Crippen LogP contribution in [0.15, 0.2) is 82.2 Å². The number of halogens is 2. The average molecular weight is 1720 g/mol. The molecule has 12 aliphatic rings. The summed E-state index contributed by atoms with van der Waals surface area (Å²) in [6, 6.07) is 17.1. The Balaban J connectivity index is 0.000000136. The van der Waals surface area contributed by atoms with Crippen molar-refractivity contribution >= 4 is 133 Å². The fraction of sp³-hybridized carbons (Fsp3) is 0.595. The fourth-order valence-corrected chi connectivity index (χ4v) is 23.0. The van der Waals surface area contributed by atoms with Gasteiger partial charge in [-0.25, -0.2) is 0 Å². The summed E-state index contributed by atoms with van der Waals surface area (Å²) in [4.78, 5) is 108. The number of hydrogen-bond acceptors (Lipinski definition) is 16. The Bertz CT molecular complexity index is 4730. The Hall–Kier alpha value is -6.48. The lowest BCUT2D eigenvalue weighted by Gasteiger charge is -2.49. The number of aromatic amines is 3. The number of thioether (sulfide) groups is 1. The van der Waals surface area contributed by atoms with E-state index in [1.54, 1.807) is 43.1 Å². The number of ether oxygens (including phenoxy) is 2. The molecule has 12 heterocycles. The van der Waals surface area contributed by atoms with Crippen LogP contribution in [0.1, 0.15) is 153 Å². The number of nitrogens with zero attached hydrogens (tertiary/aromatic N) is 7. The summed E-state index contributed by atoms with van der Waals surface area (Å²) in [6.07, 6.45) is 18.1. The molecule has 0 spiro atoms. The lowest BCUT2D eigenvalue weighted by atomic mass is 9.72. The molecular formula is C84H110Br2N12O13S2. The number of aliphatic hydroxyl groups is 2. The maximum absolute atomic E-state index is 14.4. The summed E-state index contributed by atoms with van der Waals surface area (Å²) < 4.78 is 40.7. The minimum absolute atomic E-state index is 0.104. The Labute approximate surface area is 682 Å². The fourth-order valence-electron chi connectivity index (χ4n) is 21.1. The van der Waals surface area contributed by atoms with E-state index in [4.69, 9.17) is 14.0 Å². The second-order valence-electron chi connectivity index (χ2n) is 35.1. The number of hydrogen-bond donors (Lipinski definition) is 8. The van der Waals surface area contributed by atoms with Gasteiger partial charge in [-0.2, -0.15) is 20.2 Å². The van der Waals surface area contributed by atoms with Crippen LogP contribution in [0.2, 0.25) is 0 Å². The predicted octanol–water partition coefficient (Wildman–Crippen LogP) is 10.2. The van der Waals surface area contributed by atoms with Crippen LogP contribution in [0.25, 0.3) is 43.9 Å². The standard InChI is InChI=1S/2C32H40BrN5O5.C19H26N2S.CH4O3S/c2*1-16(2)12-24-29(40)37-11-7-10-25(37)32(42)38(24)30(41)31(43-32,17(3)4)35-28(39)18-13-20-19-8-6-9-22-26(19)21(27(33)34-22)14-23(20)36(5)15-18;1-3-7-21-11-13(12-22-2)8-16-15-5-4-6-17-19(15)14(10-20-17)9-18(16)21;1-5(2,3)4/h2*6,8-9,13,16-18,23-25,34,42H,7,10-12,14-15H2,1-5H3,(H,35,39);4-6,10,13,16,18,20H,3,7-9,11-12H2,1-2H3;1H3,(H,2,3,4)/t2*18-,23-,24+,25+,31-,32+;13-,16-,18-;/m111./s1. The van der Waals surface area contributed by atoms with Crippen LogP contribution in [0.4, 0.5) is 0 Å². The highest BCUT2D eigenvalue weighted by atomic mass is 79.9.